The second-order valence-corrected chi connectivity index (χ2v) is 9.19. The maximum absolute atomic E-state index is 11.9. The molecule has 1 heterocycles. The minimum atomic E-state index is -0.399. The molecule has 5 atom stereocenters. The van der Waals surface area contributed by atoms with Crippen molar-refractivity contribution < 1.29 is 14.3 Å². The van der Waals surface area contributed by atoms with Crippen LogP contribution in [0.4, 0.5) is 0 Å². The van der Waals surface area contributed by atoms with Gasteiger partial charge in [0.25, 0.3) is 0 Å². The number of esters is 1. The fraction of sp³-hybridized carbons (Fsp3) is 0.636. The van der Waals surface area contributed by atoms with Gasteiger partial charge in [-0.25, -0.2) is 4.79 Å². The van der Waals surface area contributed by atoms with Crippen LogP contribution in [0, 0.1) is 22.7 Å². The van der Waals surface area contributed by atoms with Gasteiger partial charge in [0, 0.05) is 29.7 Å². The van der Waals surface area contributed by atoms with E-state index < -0.39 is 5.60 Å². The van der Waals surface area contributed by atoms with E-state index in [2.05, 4.69) is 26.0 Å². The average Bonchev–Trinajstić information content (AvgIpc) is 3.10. The summed E-state index contributed by atoms with van der Waals surface area (Å²) in [7, 11) is 0. The van der Waals surface area contributed by atoms with E-state index in [-0.39, 0.29) is 16.8 Å². The molecule has 25 heavy (non-hydrogen) atoms. The fourth-order valence-electron chi connectivity index (χ4n) is 6.71. The fourth-order valence-corrected chi connectivity index (χ4v) is 6.71. The van der Waals surface area contributed by atoms with Crippen molar-refractivity contribution in [3.63, 3.8) is 0 Å². The molecule has 0 aromatic carbocycles. The van der Waals surface area contributed by atoms with Gasteiger partial charge in [0.1, 0.15) is 11.4 Å². The lowest BCUT2D eigenvalue weighted by Crippen LogP contribution is -2.50. The number of carbonyl (C=O) groups excluding carboxylic acids is 2. The summed E-state index contributed by atoms with van der Waals surface area (Å²) in [6.45, 7) is 4.68. The summed E-state index contributed by atoms with van der Waals surface area (Å²) in [6.07, 6.45) is 14.9. The van der Waals surface area contributed by atoms with Crippen LogP contribution in [-0.4, -0.2) is 17.4 Å². The highest BCUT2D eigenvalue weighted by Crippen LogP contribution is 2.66. The molecule has 1 aliphatic heterocycles. The molecular formula is C22H26O3. The van der Waals surface area contributed by atoms with Crippen LogP contribution in [0.1, 0.15) is 58.8 Å². The summed E-state index contributed by atoms with van der Waals surface area (Å²) in [4.78, 5) is 23.7. The molecule has 0 N–H and O–H groups in total. The van der Waals surface area contributed by atoms with E-state index in [0.29, 0.717) is 30.5 Å². The molecule has 0 aromatic rings. The van der Waals surface area contributed by atoms with Crippen molar-refractivity contribution in [3.05, 3.63) is 35.5 Å². The van der Waals surface area contributed by atoms with Gasteiger partial charge < -0.3 is 4.74 Å². The summed E-state index contributed by atoms with van der Waals surface area (Å²) in [6, 6.07) is 0. The number of fused-ring (bicyclic) bond motifs is 6. The molecule has 0 saturated heterocycles. The Hall–Kier alpha value is -1.64. The standard InChI is InChI=1S/C22H26O3/c1-20-9-5-15(23)13-14(20)3-4-16-17(20)6-10-21(2)18(16)7-11-22(21)12-8-19(24)25-22/h3,6,8,12,16,18H,4-5,7,9-11,13H2,1-2H3/t16?,18?,20-,21-,22+/m0/s1. The molecule has 0 amide bonds. The highest BCUT2D eigenvalue weighted by molar-refractivity contribution is 5.85. The Morgan fingerprint density at radius 1 is 1.16 bits per heavy atom. The Morgan fingerprint density at radius 2 is 2.00 bits per heavy atom. The van der Waals surface area contributed by atoms with Gasteiger partial charge in [0.15, 0.2) is 0 Å². The molecule has 3 heteroatoms. The highest BCUT2D eigenvalue weighted by atomic mass is 16.6. The Bertz CT molecular complexity index is 772. The first-order chi connectivity index (χ1) is 11.9. The summed E-state index contributed by atoms with van der Waals surface area (Å²) in [5, 5.41) is 0. The Labute approximate surface area is 149 Å². The predicted octanol–water partition coefficient (Wildman–Crippen LogP) is 4.29. The minimum absolute atomic E-state index is 0.00395. The van der Waals surface area contributed by atoms with Gasteiger partial charge >= 0.3 is 5.97 Å². The summed E-state index contributed by atoms with van der Waals surface area (Å²) in [5.41, 5.74) is 2.61. The van der Waals surface area contributed by atoms with Crippen LogP contribution >= 0.6 is 0 Å². The highest BCUT2D eigenvalue weighted by Gasteiger charge is 2.64. The van der Waals surface area contributed by atoms with Gasteiger partial charge in [-0.05, 0) is 50.0 Å². The van der Waals surface area contributed by atoms with E-state index in [1.807, 2.05) is 6.08 Å². The van der Waals surface area contributed by atoms with E-state index in [9.17, 15) is 9.59 Å². The molecule has 1 spiro atoms. The third-order valence-corrected chi connectivity index (χ3v) is 8.27. The maximum Gasteiger partial charge on any atom is 0.331 e. The van der Waals surface area contributed by atoms with Crippen molar-refractivity contribution in [1.82, 2.24) is 0 Å². The van der Waals surface area contributed by atoms with Crippen molar-refractivity contribution in [2.24, 2.45) is 22.7 Å². The van der Waals surface area contributed by atoms with Crippen LogP contribution in [0.3, 0.4) is 0 Å². The molecule has 5 rings (SSSR count). The first-order valence-electron chi connectivity index (χ1n) is 9.72. The smallest absolute Gasteiger partial charge is 0.331 e. The lowest BCUT2D eigenvalue weighted by molar-refractivity contribution is -0.156. The Balaban J connectivity index is 1.55. The molecule has 132 valence electrons. The van der Waals surface area contributed by atoms with Crippen molar-refractivity contribution in [3.8, 4) is 0 Å². The zero-order valence-electron chi connectivity index (χ0n) is 15.1. The molecule has 2 fully saturated rings. The van der Waals surface area contributed by atoms with Crippen molar-refractivity contribution in [1.29, 1.82) is 0 Å². The van der Waals surface area contributed by atoms with Crippen molar-refractivity contribution >= 4 is 11.8 Å². The number of allylic oxidation sites excluding steroid dienone is 4. The van der Waals surface area contributed by atoms with E-state index in [1.54, 1.807) is 11.6 Å². The number of carbonyl (C=O) groups is 2. The largest absolute Gasteiger partial charge is 0.451 e. The second-order valence-electron chi connectivity index (χ2n) is 9.19. The summed E-state index contributed by atoms with van der Waals surface area (Å²) < 4.78 is 5.87. The minimum Gasteiger partial charge on any atom is -0.451 e. The maximum atomic E-state index is 11.9. The van der Waals surface area contributed by atoms with E-state index in [1.165, 1.54) is 5.57 Å². The van der Waals surface area contributed by atoms with E-state index in [0.717, 1.165) is 32.1 Å². The number of ketones is 1. The molecule has 0 aromatic heterocycles. The number of hydrogen-bond acceptors (Lipinski definition) is 3. The van der Waals surface area contributed by atoms with E-state index in [4.69, 9.17) is 4.74 Å². The number of ether oxygens (including phenoxy) is 1. The second kappa shape index (κ2) is 4.75. The normalized spacial score (nSPS) is 47.8. The van der Waals surface area contributed by atoms with Gasteiger partial charge in [-0.15, -0.1) is 0 Å². The van der Waals surface area contributed by atoms with Crippen LogP contribution in [0.25, 0.3) is 0 Å². The predicted molar refractivity (Wildman–Crippen MR) is 94.6 cm³/mol. The monoisotopic (exact) mass is 338 g/mol. The van der Waals surface area contributed by atoms with Gasteiger partial charge in [-0.1, -0.05) is 37.1 Å². The van der Waals surface area contributed by atoms with Gasteiger partial charge in [-0.2, -0.15) is 0 Å². The van der Waals surface area contributed by atoms with Crippen molar-refractivity contribution in [2.75, 3.05) is 0 Å². The van der Waals surface area contributed by atoms with Crippen molar-refractivity contribution in [2.45, 2.75) is 64.4 Å². The van der Waals surface area contributed by atoms with Crippen LogP contribution in [0.5, 0.6) is 0 Å². The average molecular weight is 338 g/mol. The molecule has 5 aliphatic rings. The lowest BCUT2D eigenvalue weighted by atomic mass is 9.51. The zero-order valence-corrected chi connectivity index (χ0v) is 15.1. The molecule has 2 saturated carbocycles. The van der Waals surface area contributed by atoms with E-state index >= 15 is 0 Å². The van der Waals surface area contributed by atoms with Crippen LogP contribution in [0.2, 0.25) is 0 Å². The first kappa shape index (κ1) is 15.6. The number of rotatable bonds is 0. The third kappa shape index (κ3) is 1.82. The SMILES string of the molecule is C[C@]12CCC(=O)CC1=CCC1C2=CC[C@@]2(C)C1CC[C@@]21C=CC(=O)O1. The van der Waals surface area contributed by atoms with Gasteiger partial charge in [-0.3, -0.25) is 4.79 Å². The first-order valence-corrected chi connectivity index (χ1v) is 9.72. The molecule has 0 bridgehead atoms. The number of Topliss-reactive ketones (excluding diaryl/α,β-unsaturated/α-hetero) is 1. The van der Waals surface area contributed by atoms with Gasteiger partial charge in [0.05, 0.1) is 0 Å². The number of hydrogen-bond donors (Lipinski definition) is 0. The molecule has 0 radical (unpaired) electrons. The lowest BCUT2D eigenvalue weighted by Gasteiger charge is -2.53. The quantitative estimate of drug-likeness (QED) is 0.489. The van der Waals surface area contributed by atoms with Gasteiger partial charge in [0.2, 0.25) is 0 Å². The molecule has 3 nitrogen and oxygen atoms in total. The third-order valence-electron chi connectivity index (χ3n) is 8.27. The van der Waals surface area contributed by atoms with Crippen LogP contribution in [0.15, 0.2) is 35.5 Å². The molecule has 2 unspecified atom stereocenters. The topological polar surface area (TPSA) is 43.4 Å². The Kier molecular flexibility index (Phi) is 2.96. The molecular weight excluding hydrogens is 312 g/mol. The Morgan fingerprint density at radius 3 is 2.76 bits per heavy atom. The van der Waals surface area contributed by atoms with Crippen LogP contribution < -0.4 is 0 Å². The van der Waals surface area contributed by atoms with Crippen LogP contribution in [-0.2, 0) is 14.3 Å². The zero-order chi connectivity index (χ0) is 17.4. The molecule has 4 aliphatic carbocycles. The summed E-state index contributed by atoms with van der Waals surface area (Å²) >= 11 is 0. The summed E-state index contributed by atoms with van der Waals surface area (Å²) in [5.74, 6) is 1.30.